The van der Waals surface area contributed by atoms with Crippen LogP contribution < -0.4 is 4.90 Å². The fraction of sp³-hybridized carbons (Fsp3) is 0.240. The Morgan fingerprint density at radius 3 is 2.53 bits per heavy atom. The second-order valence-electron chi connectivity index (χ2n) is 7.95. The minimum Gasteiger partial charge on any atom is -0.368 e. The number of rotatable bonds is 3. The van der Waals surface area contributed by atoms with Crippen molar-refractivity contribution in [1.82, 2.24) is 9.47 Å². The van der Waals surface area contributed by atoms with Crippen LogP contribution in [-0.4, -0.2) is 41.6 Å². The Morgan fingerprint density at radius 2 is 1.70 bits per heavy atom. The standard InChI is InChI=1S/C25H25N3OS/c1-18-7-8-19(2)22(17-18)26-13-15-27(16-14-26)25(29)23-9-10-24(30-23)28-12-11-20-5-3-4-6-21(20)28/h3-12,17H,13-16H2,1-2H3. The molecule has 0 unspecified atom stereocenters. The van der Waals surface area contributed by atoms with Crippen LogP contribution in [0, 0.1) is 13.8 Å². The molecule has 30 heavy (non-hydrogen) atoms. The average molecular weight is 416 g/mol. The van der Waals surface area contributed by atoms with E-state index < -0.39 is 0 Å². The quantitative estimate of drug-likeness (QED) is 0.456. The lowest BCUT2D eigenvalue weighted by molar-refractivity contribution is 0.0751. The minimum absolute atomic E-state index is 0.142. The maximum absolute atomic E-state index is 13.1. The molecule has 0 N–H and O–H groups in total. The summed E-state index contributed by atoms with van der Waals surface area (Å²) >= 11 is 1.57. The smallest absolute Gasteiger partial charge is 0.264 e. The third-order valence-corrected chi connectivity index (χ3v) is 6.98. The first kappa shape index (κ1) is 18.9. The van der Waals surface area contributed by atoms with E-state index >= 15 is 0 Å². The van der Waals surface area contributed by atoms with Crippen molar-refractivity contribution in [2.75, 3.05) is 31.1 Å². The summed E-state index contributed by atoms with van der Waals surface area (Å²) in [5.74, 6) is 0.142. The molecule has 0 spiro atoms. The van der Waals surface area contributed by atoms with Crippen LogP contribution in [0.4, 0.5) is 5.69 Å². The lowest BCUT2D eigenvalue weighted by Crippen LogP contribution is -2.48. The number of anilines is 1. The van der Waals surface area contributed by atoms with Crippen LogP contribution in [0.25, 0.3) is 15.9 Å². The summed E-state index contributed by atoms with van der Waals surface area (Å²) in [5, 5.41) is 2.29. The van der Waals surface area contributed by atoms with Crippen LogP contribution in [0.5, 0.6) is 0 Å². The molecule has 1 saturated heterocycles. The predicted octanol–water partition coefficient (Wildman–Crippen LogP) is 5.27. The van der Waals surface area contributed by atoms with Crippen LogP contribution in [0.1, 0.15) is 20.8 Å². The highest BCUT2D eigenvalue weighted by Crippen LogP contribution is 2.28. The lowest BCUT2D eigenvalue weighted by Gasteiger charge is -2.36. The molecule has 0 saturated carbocycles. The van der Waals surface area contributed by atoms with Gasteiger partial charge in [0.05, 0.1) is 10.4 Å². The van der Waals surface area contributed by atoms with Crippen LogP contribution >= 0.6 is 11.3 Å². The Hall–Kier alpha value is -3.05. The van der Waals surface area contributed by atoms with E-state index in [1.165, 1.54) is 27.7 Å². The molecule has 3 heterocycles. The molecule has 0 aliphatic carbocycles. The number of aromatic nitrogens is 1. The molecule has 5 heteroatoms. The first-order chi connectivity index (χ1) is 14.6. The highest BCUT2D eigenvalue weighted by molar-refractivity contribution is 7.16. The van der Waals surface area contributed by atoms with E-state index in [0.717, 1.165) is 36.1 Å². The van der Waals surface area contributed by atoms with Gasteiger partial charge in [0.25, 0.3) is 5.91 Å². The summed E-state index contributed by atoms with van der Waals surface area (Å²) in [6.45, 7) is 7.54. The molecule has 0 radical (unpaired) electrons. The second-order valence-corrected chi connectivity index (χ2v) is 9.01. The molecule has 1 fully saturated rings. The van der Waals surface area contributed by atoms with Gasteiger partial charge in [0.1, 0.15) is 5.00 Å². The van der Waals surface area contributed by atoms with E-state index in [9.17, 15) is 4.79 Å². The number of piperazine rings is 1. The third-order valence-electron chi connectivity index (χ3n) is 5.91. The van der Waals surface area contributed by atoms with Gasteiger partial charge in [-0.05, 0) is 60.7 Å². The van der Waals surface area contributed by atoms with Crippen LogP contribution in [0.3, 0.4) is 0 Å². The molecule has 2 aromatic carbocycles. The van der Waals surface area contributed by atoms with E-state index in [2.05, 4.69) is 72.0 Å². The molecule has 0 atom stereocenters. The molecule has 0 bridgehead atoms. The van der Waals surface area contributed by atoms with Gasteiger partial charge in [-0.2, -0.15) is 0 Å². The van der Waals surface area contributed by atoms with Gasteiger partial charge in [0.2, 0.25) is 0 Å². The summed E-state index contributed by atoms with van der Waals surface area (Å²) in [7, 11) is 0. The van der Waals surface area contributed by atoms with Crippen molar-refractivity contribution in [3.8, 4) is 5.00 Å². The van der Waals surface area contributed by atoms with Crippen LogP contribution in [0.2, 0.25) is 0 Å². The minimum atomic E-state index is 0.142. The Kier molecular flexibility index (Phi) is 4.83. The number of aryl methyl sites for hydroxylation is 2. The summed E-state index contributed by atoms with van der Waals surface area (Å²) in [6.07, 6.45) is 2.08. The van der Waals surface area contributed by atoms with Gasteiger partial charge in [0, 0.05) is 38.1 Å². The highest BCUT2D eigenvalue weighted by Gasteiger charge is 2.24. The maximum Gasteiger partial charge on any atom is 0.264 e. The number of fused-ring (bicyclic) bond motifs is 1. The zero-order valence-corrected chi connectivity index (χ0v) is 18.2. The topological polar surface area (TPSA) is 28.5 Å². The zero-order valence-electron chi connectivity index (χ0n) is 17.3. The summed E-state index contributed by atoms with van der Waals surface area (Å²) < 4.78 is 2.16. The maximum atomic E-state index is 13.1. The van der Waals surface area contributed by atoms with E-state index in [0.29, 0.717) is 0 Å². The molecule has 4 nitrogen and oxygen atoms in total. The number of para-hydroxylation sites is 1. The lowest BCUT2D eigenvalue weighted by atomic mass is 10.1. The number of hydrogen-bond donors (Lipinski definition) is 0. The largest absolute Gasteiger partial charge is 0.368 e. The molecule has 152 valence electrons. The van der Waals surface area contributed by atoms with E-state index in [1.54, 1.807) is 11.3 Å². The van der Waals surface area contributed by atoms with Gasteiger partial charge >= 0.3 is 0 Å². The summed E-state index contributed by atoms with van der Waals surface area (Å²) in [4.78, 5) is 18.3. The first-order valence-corrected chi connectivity index (χ1v) is 11.2. The van der Waals surface area contributed by atoms with Crippen LogP contribution in [-0.2, 0) is 0 Å². The molecule has 1 aliphatic heterocycles. The van der Waals surface area contributed by atoms with Crippen molar-refractivity contribution in [3.05, 3.63) is 82.9 Å². The van der Waals surface area contributed by atoms with Gasteiger partial charge in [-0.3, -0.25) is 4.79 Å². The highest BCUT2D eigenvalue weighted by atomic mass is 32.1. The van der Waals surface area contributed by atoms with E-state index in [-0.39, 0.29) is 5.91 Å². The fourth-order valence-corrected chi connectivity index (χ4v) is 5.19. The number of amides is 1. The Balaban J connectivity index is 1.30. The van der Waals surface area contributed by atoms with Crippen molar-refractivity contribution in [2.24, 2.45) is 0 Å². The zero-order chi connectivity index (χ0) is 20.7. The van der Waals surface area contributed by atoms with Gasteiger partial charge in [0.15, 0.2) is 0 Å². The van der Waals surface area contributed by atoms with Crippen molar-refractivity contribution in [3.63, 3.8) is 0 Å². The molecule has 2 aromatic heterocycles. The van der Waals surface area contributed by atoms with E-state index in [1.807, 2.05) is 23.1 Å². The van der Waals surface area contributed by atoms with Gasteiger partial charge in [-0.1, -0.05) is 30.3 Å². The normalized spacial score (nSPS) is 14.5. The second kappa shape index (κ2) is 7.65. The monoisotopic (exact) mass is 415 g/mol. The average Bonchev–Trinajstić information content (AvgIpc) is 3.42. The van der Waals surface area contributed by atoms with Crippen molar-refractivity contribution in [1.29, 1.82) is 0 Å². The SMILES string of the molecule is Cc1ccc(C)c(N2CCN(C(=O)c3ccc(-n4ccc5ccccc54)s3)CC2)c1. The molecular weight excluding hydrogens is 390 g/mol. The molecule has 4 aromatic rings. The number of nitrogens with zero attached hydrogens (tertiary/aromatic N) is 3. The van der Waals surface area contributed by atoms with Crippen molar-refractivity contribution < 1.29 is 4.79 Å². The predicted molar refractivity (Wildman–Crippen MR) is 125 cm³/mol. The third kappa shape index (κ3) is 3.39. The molecule has 1 amide bonds. The van der Waals surface area contributed by atoms with E-state index in [4.69, 9.17) is 0 Å². The first-order valence-electron chi connectivity index (χ1n) is 10.4. The number of hydrogen-bond acceptors (Lipinski definition) is 3. The van der Waals surface area contributed by atoms with Crippen molar-refractivity contribution >= 4 is 33.8 Å². The van der Waals surface area contributed by atoms with Crippen molar-refractivity contribution in [2.45, 2.75) is 13.8 Å². The summed E-state index contributed by atoms with van der Waals surface area (Å²) in [5.41, 5.74) is 5.03. The van der Waals surface area contributed by atoms with Gasteiger partial charge in [-0.25, -0.2) is 0 Å². The number of carbonyl (C=O) groups is 1. The number of benzene rings is 2. The number of thiophene rings is 1. The fourth-order valence-electron chi connectivity index (χ4n) is 4.21. The molecular formula is C25H25N3OS. The van der Waals surface area contributed by atoms with Gasteiger partial charge < -0.3 is 14.4 Å². The Labute approximate surface area is 181 Å². The Morgan fingerprint density at radius 1 is 0.900 bits per heavy atom. The summed E-state index contributed by atoms with van der Waals surface area (Å²) in [6, 6.07) is 21.0. The molecule has 5 rings (SSSR count). The Bertz CT molecular complexity index is 1210. The van der Waals surface area contributed by atoms with Gasteiger partial charge in [-0.15, -0.1) is 11.3 Å². The van der Waals surface area contributed by atoms with Crippen LogP contribution in [0.15, 0.2) is 66.9 Å². The molecule has 1 aliphatic rings. The number of carbonyl (C=O) groups excluding carboxylic acids is 1.